The molecule has 2 saturated heterocycles. The van der Waals surface area contributed by atoms with Crippen molar-refractivity contribution in [1.82, 2.24) is 9.88 Å². The fourth-order valence-corrected chi connectivity index (χ4v) is 3.38. The molecular weight excluding hydrogens is 222 g/mol. The van der Waals surface area contributed by atoms with Crippen molar-refractivity contribution in [3.63, 3.8) is 0 Å². The highest BCUT2D eigenvalue weighted by Crippen LogP contribution is 2.33. The monoisotopic (exact) mass is 245 g/mol. The smallest absolute Gasteiger partial charge is 0.129 e. The van der Waals surface area contributed by atoms with Crippen molar-refractivity contribution >= 4 is 5.82 Å². The van der Waals surface area contributed by atoms with Crippen molar-refractivity contribution in [2.75, 3.05) is 31.6 Å². The Morgan fingerprint density at radius 1 is 1.28 bits per heavy atom. The second-order valence-electron chi connectivity index (χ2n) is 6.11. The third-order valence-electron chi connectivity index (χ3n) is 4.37. The zero-order valence-corrected chi connectivity index (χ0v) is 11.6. The molecule has 1 aromatic heterocycles. The molecule has 0 unspecified atom stereocenters. The quantitative estimate of drug-likeness (QED) is 0.797. The van der Waals surface area contributed by atoms with Crippen LogP contribution in [0.4, 0.5) is 5.82 Å². The summed E-state index contributed by atoms with van der Waals surface area (Å²) in [6, 6.07) is 7.16. The molecular formula is C15H23N3. The van der Waals surface area contributed by atoms with Crippen LogP contribution in [-0.4, -0.2) is 42.6 Å². The number of hydrogen-bond donors (Lipinski definition) is 0. The lowest BCUT2D eigenvalue weighted by Gasteiger charge is -2.26. The maximum atomic E-state index is 4.85. The van der Waals surface area contributed by atoms with Gasteiger partial charge in [-0.25, -0.2) is 4.98 Å². The van der Waals surface area contributed by atoms with E-state index in [9.17, 15) is 0 Å². The molecule has 0 aliphatic carbocycles. The first-order chi connectivity index (χ1) is 8.65. The summed E-state index contributed by atoms with van der Waals surface area (Å²) < 4.78 is 0. The summed E-state index contributed by atoms with van der Waals surface area (Å²) in [4.78, 5) is 9.83. The van der Waals surface area contributed by atoms with Gasteiger partial charge in [-0.05, 0) is 37.4 Å². The van der Waals surface area contributed by atoms with Crippen molar-refractivity contribution in [2.24, 2.45) is 5.92 Å². The van der Waals surface area contributed by atoms with Crippen LogP contribution in [0.1, 0.15) is 31.9 Å². The Hall–Kier alpha value is -1.09. The summed E-state index contributed by atoms with van der Waals surface area (Å²) in [6.45, 7) is 8.05. The number of pyridine rings is 1. The van der Waals surface area contributed by atoms with Crippen LogP contribution in [0, 0.1) is 5.92 Å². The molecule has 2 atom stereocenters. The molecule has 0 N–H and O–H groups in total. The van der Waals surface area contributed by atoms with Gasteiger partial charge in [0.05, 0.1) is 0 Å². The van der Waals surface area contributed by atoms with Gasteiger partial charge in [-0.1, -0.05) is 19.9 Å². The molecule has 18 heavy (non-hydrogen) atoms. The average Bonchev–Trinajstić information content (AvgIpc) is 2.87. The molecule has 0 spiro atoms. The fraction of sp³-hybridized carbons (Fsp3) is 0.667. The van der Waals surface area contributed by atoms with Crippen LogP contribution in [-0.2, 0) is 0 Å². The topological polar surface area (TPSA) is 19.4 Å². The maximum Gasteiger partial charge on any atom is 0.129 e. The molecule has 0 bridgehead atoms. The molecule has 98 valence electrons. The van der Waals surface area contributed by atoms with E-state index < -0.39 is 0 Å². The Kier molecular flexibility index (Phi) is 3.02. The highest BCUT2D eigenvalue weighted by Gasteiger charge is 2.40. The third-order valence-corrected chi connectivity index (χ3v) is 4.37. The fourth-order valence-electron chi connectivity index (χ4n) is 3.38. The molecule has 3 heteroatoms. The van der Waals surface area contributed by atoms with E-state index in [-0.39, 0.29) is 0 Å². The minimum absolute atomic E-state index is 0.509. The minimum Gasteiger partial charge on any atom is -0.352 e. The van der Waals surface area contributed by atoms with Gasteiger partial charge in [0.25, 0.3) is 0 Å². The van der Waals surface area contributed by atoms with Gasteiger partial charge in [0, 0.05) is 31.4 Å². The molecule has 0 aromatic carbocycles. The number of fused-ring (bicyclic) bond motifs is 1. The normalized spacial score (nSPS) is 28.1. The van der Waals surface area contributed by atoms with Gasteiger partial charge in [-0.15, -0.1) is 0 Å². The molecule has 3 rings (SSSR count). The Labute approximate surface area is 110 Å². The zero-order valence-electron chi connectivity index (χ0n) is 11.6. The van der Waals surface area contributed by atoms with E-state index in [0.29, 0.717) is 12.0 Å². The van der Waals surface area contributed by atoms with Crippen LogP contribution in [0.25, 0.3) is 0 Å². The number of nitrogens with zero attached hydrogens (tertiary/aromatic N) is 3. The Balaban J connectivity index is 1.84. The van der Waals surface area contributed by atoms with Gasteiger partial charge in [-0.3, -0.25) is 0 Å². The van der Waals surface area contributed by atoms with Crippen molar-refractivity contribution < 1.29 is 0 Å². The third kappa shape index (κ3) is 2.01. The van der Waals surface area contributed by atoms with Crippen LogP contribution in [0.15, 0.2) is 18.2 Å². The van der Waals surface area contributed by atoms with E-state index >= 15 is 0 Å². The summed E-state index contributed by atoms with van der Waals surface area (Å²) in [5.41, 5.74) is 1.21. The van der Waals surface area contributed by atoms with Gasteiger partial charge in [0.15, 0.2) is 0 Å². The highest BCUT2D eigenvalue weighted by atomic mass is 15.3. The Morgan fingerprint density at radius 2 is 2.11 bits per heavy atom. The number of hydrogen-bond acceptors (Lipinski definition) is 3. The molecule has 2 fully saturated rings. The number of likely N-dealkylation sites (tertiary alicyclic amines) is 1. The zero-order chi connectivity index (χ0) is 12.7. The lowest BCUT2D eigenvalue weighted by molar-refractivity contribution is 0.386. The number of rotatable bonds is 2. The SMILES string of the molecule is CC(C)c1cccc(N2CC[C@H]3CN(C)C[C@H]32)n1. The standard InChI is InChI=1S/C15H23N3/c1-11(2)13-5-4-6-15(16-13)18-8-7-12-9-17(3)10-14(12)18/h4-6,11-12,14H,7-10H2,1-3H3/t12-,14+/m0/s1. The van der Waals surface area contributed by atoms with Crippen LogP contribution >= 0.6 is 0 Å². The predicted octanol–water partition coefficient (Wildman–Crippen LogP) is 2.35. The highest BCUT2D eigenvalue weighted by molar-refractivity contribution is 5.43. The van der Waals surface area contributed by atoms with Crippen molar-refractivity contribution in [2.45, 2.75) is 32.2 Å². The summed E-state index contributed by atoms with van der Waals surface area (Å²) >= 11 is 0. The second kappa shape index (κ2) is 4.54. The summed E-state index contributed by atoms with van der Waals surface area (Å²) in [6.07, 6.45) is 1.32. The van der Waals surface area contributed by atoms with Crippen LogP contribution in [0.2, 0.25) is 0 Å². The Morgan fingerprint density at radius 3 is 2.89 bits per heavy atom. The molecule has 0 radical (unpaired) electrons. The van der Waals surface area contributed by atoms with E-state index in [1.807, 2.05) is 0 Å². The van der Waals surface area contributed by atoms with E-state index in [2.05, 4.69) is 48.9 Å². The maximum absolute atomic E-state index is 4.85. The van der Waals surface area contributed by atoms with Crippen LogP contribution in [0.5, 0.6) is 0 Å². The molecule has 3 nitrogen and oxygen atoms in total. The lowest BCUT2D eigenvalue weighted by atomic mass is 10.1. The first-order valence-electron chi connectivity index (χ1n) is 7.07. The Bertz CT molecular complexity index is 430. The van der Waals surface area contributed by atoms with E-state index in [0.717, 1.165) is 5.92 Å². The number of anilines is 1. The molecule has 2 aliphatic heterocycles. The van der Waals surface area contributed by atoms with Crippen molar-refractivity contribution in [1.29, 1.82) is 0 Å². The van der Waals surface area contributed by atoms with Gasteiger partial charge in [0.1, 0.15) is 5.82 Å². The van der Waals surface area contributed by atoms with Crippen LogP contribution < -0.4 is 4.90 Å². The van der Waals surface area contributed by atoms with E-state index in [1.54, 1.807) is 0 Å². The molecule has 3 heterocycles. The summed E-state index contributed by atoms with van der Waals surface area (Å²) in [5, 5.41) is 0. The van der Waals surface area contributed by atoms with E-state index in [4.69, 9.17) is 4.98 Å². The van der Waals surface area contributed by atoms with Gasteiger partial charge >= 0.3 is 0 Å². The van der Waals surface area contributed by atoms with Crippen molar-refractivity contribution in [3.8, 4) is 0 Å². The largest absolute Gasteiger partial charge is 0.352 e. The molecule has 1 aromatic rings. The second-order valence-corrected chi connectivity index (χ2v) is 6.11. The first-order valence-corrected chi connectivity index (χ1v) is 7.07. The number of likely N-dealkylation sites (N-methyl/N-ethyl adjacent to an activating group) is 1. The lowest BCUT2D eigenvalue weighted by Crippen LogP contribution is -2.35. The molecule has 2 aliphatic rings. The number of aromatic nitrogens is 1. The van der Waals surface area contributed by atoms with Gasteiger partial charge in [0.2, 0.25) is 0 Å². The van der Waals surface area contributed by atoms with Gasteiger partial charge < -0.3 is 9.80 Å². The first kappa shape index (κ1) is 12.0. The predicted molar refractivity (Wildman–Crippen MR) is 75.1 cm³/mol. The van der Waals surface area contributed by atoms with Gasteiger partial charge in [-0.2, -0.15) is 0 Å². The van der Waals surface area contributed by atoms with Crippen molar-refractivity contribution in [3.05, 3.63) is 23.9 Å². The summed E-state index contributed by atoms with van der Waals surface area (Å²) in [5.74, 6) is 2.54. The summed E-state index contributed by atoms with van der Waals surface area (Å²) in [7, 11) is 2.23. The van der Waals surface area contributed by atoms with Crippen LogP contribution in [0.3, 0.4) is 0 Å². The average molecular weight is 245 g/mol. The molecule has 0 amide bonds. The molecule has 0 saturated carbocycles. The van der Waals surface area contributed by atoms with E-state index in [1.165, 1.54) is 37.6 Å². The minimum atomic E-state index is 0.509.